The minimum absolute atomic E-state index is 0.0902. The van der Waals surface area contributed by atoms with Crippen molar-refractivity contribution in [1.29, 1.82) is 0 Å². The monoisotopic (exact) mass is 199 g/mol. The van der Waals surface area contributed by atoms with Gasteiger partial charge in [-0.2, -0.15) is 0 Å². The van der Waals surface area contributed by atoms with E-state index >= 15 is 0 Å². The summed E-state index contributed by atoms with van der Waals surface area (Å²) in [5.74, 6) is 0.359. The second-order valence-corrected chi connectivity index (χ2v) is 3.67. The molecule has 0 heterocycles. The van der Waals surface area contributed by atoms with Gasteiger partial charge < -0.3 is 10.8 Å². The van der Waals surface area contributed by atoms with Gasteiger partial charge in [-0.25, -0.2) is 0 Å². The summed E-state index contributed by atoms with van der Waals surface area (Å²) in [5.41, 5.74) is 7.11. The van der Waals surface area contributed by atoms with E-state index in [-0.39, 0.29) is 11.7 Å². The zero-order chi connectivity index (χ0) is 10.0. The fourth-order valence-corrected chi connectivity index (χ4v) is 1.62. The molecule has 0 aromatic heterocycles. The van der Waals surface area contributed by atoms with Crippen LogP contribution in [0.2, 0.25) is 5.02 Å². The van der Waals surface area contributed by atoms with Crippen molar-refractivity contribution in [1.82, 2.24) is 0 Å². The van der Waals surface area contributed by atoms with Gasteiger partial charge in [-0.3, -0.25) is 0 Å². The Labute approximate surface area is 83.3 Å². The van der Waals surface area contributed by atoms with Gasteiger partial charge in [0.1, 0.15) is 5.75 Å². The first-order chi connectivity index (χ1) is 6.07. The number of halogens is 1. The molecule has 3 N–H and O–H groups in total. The zero-order valence-corrected chi connectivity index (χ0v) is 8.60. The van der Waals surface area contributed by atoms with Crippen molar-refractivity contribution >= 4 is 11.6 Å². The zero-order valence-electron chi connectivity index (χ0n) is 7.84. The summed E-state index contributed by atoms with van der Waals surface area (Å²) in [6.45, 7) is 4.27. The number of phenols is 1. The first-order valence-electron chi connectivity index (χ1n) is 4.26. The Kier molecular flexibility index (Phi) is 3.17. The van der Waals surface area contributed by atoms with Crippen LogP contribution in [0.1, 0.15) is 24.0 Å². The van der Waals surface area contributed by atoms with Crippen LogP contribution in [0.15, 0.2) is 12.1 Å². The average molecular weight is 200 g/mol. The van der Waals surface area contributed by atoms with E-state index in [1.807, 2.05) is 13.8 Å². The van der Waals surface area contributed by atoms with Crippen LogP contribution >= 0.6 is 11.6 Å². The highest BCUT2D eigenvalue weighted by Crippen LogP contribution is 2.34. The van der Waals surface area contributed by atoms with Crippen molar-refractivity contribution in [2.24, 2.45) is 5.73 Å². The number of nitrogens with two attached hydrogens (primary N) is 1. The van der Waals surface area contributed by atoms with Crippen molar-refractivity contribution in [3.63, 3.8) is 0 Å². The van der Waals surface area contributed by atoms with Gasteiger partial charge >= 0.3 is 0 Å². The highest BCUT2D eigenvalue weighted by Gasteiger charge is 2.14. The molecule has 0 radical (unpaired) electrons. The molecular formula is C10H14ClNO. The van der Waals surface area contributed by atoms with E-state index in [2.05, 4.69) is 0 Å². The number of phenolic OH excluding ortho intramolecular Hbond substituents is 1. The van der Waals surface area contributed by atoms with Gasteiger partial charge in [0.05, 0.1) is 0 Å². The maximum atomic E-state index is 9.74. The number of hydrogen-bond donors (Lipinski definition) is 2. The van der Waals surface area contributed by atoms with E-state index < -0.39 is 0 Å². The summed E-state index contributed by atoms with van der Waals surface area (Å²) < 4.78 is 0. The third kappa shape index (κ3) is 1.95. The molecule has 13 heavy (non-hydrogen) atoms. The van der Waals surface area contributed by atoms with Gasteiger partial charge in [-0.1, -0.05) is 24.6 Å². The van der Waals surface area contributed by atoms with Gasteiger partial charge in [0, 0.05) is 10.6 Å². The molecule has 0 bridgehead atoms. The Balaban J connectivity index is 3.25. The second kappa shape index (κ2) is 3.99. The summed E-state index contributed by atoms with van der Waals surface area (Å²) in [5, 5.41) is 10.3. The van der Waals surface area contributed by atoms with Crippen LogP contribution in [-0.2, 0) is 0 Å². The molecule has 0 aliphatic rings. The quantitative estimate of drug-likeness (QED) is 0.769. The largest absolute Gasteiger partial charge is 0.507 e. The number of aromatic hydroxyl groups is 1. The summed E-state index contributed by atoms with van der Waals surface area (Å²) in [6, 6.07) is 3.59. The topological polar surface area (TPSA) is 46.2 Å². The van der Waals surface area contributed by atoms with E-state index in [1.165, 1.54) is 0 Å². The van der Waals surface area contributed by atoms with Crippen LogP contribution in [-0.4, -0.2) is 11.7 Å². The third-order valence-corrected chi connectivity index (χ3v) is 2.54. The van der Waals surface area contributed by atoms with Gasteiger partial charge in [0.2, 0.25) is 0 Å². The molecule has 0 spiro atoms. The maximum Gasteiger partial charge on any atom is 0.123 e. The predicted molar refractivity (Wildman–Crippen MR) is 55.3 cm³/mol. The highest BCUT2D eigenvalue weighted by atomic mass is 35.5. The fraction of sp³-hybridized carbons (Fsp3) is 0.400. The van der Waals surface area contributed by atoms with Crippen molar-refractivity contribution in [3.8, 4) is 5.75 Å². The Hall–Kier alpha value is -0.730. The summed E-state index contributed by atoms with van der Waals surface area (Å²) >= 11 is 5.96. The Morgan fingerprint density at radius 1 is 1.54 bits per heavy atom. The fourth-order valence-electron chi connectivity index (χ4n) is 1.28. The van der Waals surface area contributed by atoms with Gasteiger partial charge in [-0.05, 0) is 31.0 Å². The van der Waals surface area contributed by atoms with E-state index in [9.17, 15) is 5.11 Å². The molecule has 1 rings (SSSR count). The molecule has 0 fully saturated rings. The highest BCUT2D eigenvalue weighted by molar-refractivity contribution is 6.31. The van der Waals surface area contributed by atoms with Gasteiger partial charge in [0.25, 0.3) is 0 Å². The van der Waals surface area contributed by atoms with E-state index in [4.69, 9.17) is 17.3 Å². The lowest BCUT2D eigenvalue weighted by Crippen LogP contribution is -2.09. The van der Waals surface area contributed by atoms with Crippen LogP contribution in [0.5, 0.6) is 5.75 Å². The smallest absolute Gasteiger partial charge is 0.123 e. The molecule has 0 aliphatic carbocycles. The Bertz CT molecular complexity index is 312. The Morgan fingerprint density at radius 2 is 2.15 bits per heavy atom. The lowest BCUT2D eigenvalue weighted by Gasteiger charge is -2.14. The first kappa shape index (κ1) is 10.4. The molecule has 1 aromatic rings. The van der Waals surface area contributed by atoms with Crippen LogP contribution < -0.4 is 5.73 Å². The van der Waals surface area contributed by atoms with E-state index in [0.29, 0.717) is 11.6 Å². The first-order valence-corrected chi connectivity index (χ1v) is 4.63. The van der Waals surface area contributed by atoms with E-state index in [1.54, 1.807) is 12.1 Å². The van der Waals surface area contributed by atoms with Gasteiger partial charge in [0.15, 0.2) is 0 Å². The number of rotatable bonds is 2. The van der Waals surface area contributed by atoms with Crippen LogP contribution in [0.4, 0.5) is 0 Å². The molecular weight excluding hydrogens is 186 g/mol. The number of hydrogen-bond acceptors (Lipinski definition) is 2. The molecule has 0 amide bonds. The summed E-state index contributed by atoms with van der Waals surface area (Å²) in [6.07, 6.45) is 0. The summed E-state index contributed by atoms with van der Waals surface area (Å²) in [7, 11) is 0. The molecule has 1 aromatic carbocycles. The molecule has 3 heteroatoms. The molecule has 1 atom stereocenters. The van der Waals surface area contributed by atoms with Crippen molar-refractivity contribution in [2.75, 3.05) is 6.54 Å². The van der Waals surface area contributed by atoms with E-state index in [0.717, 1.165) is 11.1 Å². The normalized spacial score (nSPS) is 12.9. The van der Waals surface area contributed by atoms with Crippen molar-refractivity contribution in [3.05, 3.63) is 28.3 Å². The van der Waals surface area contributed by atoms with Crippen LogP contribution in [0.3, 0.4) is 0 Å². The lowest BCUT2D eigenvalue weighted by atomic mass is 9.98. The lowest BCUT2D eigenvalue weighted by molar-refractivity contribution is 0.459. The predicted octanol–water partition coefficient (Wildman–Crippen LogP) is 2.42. The standard InChI is InChI=1S/C10H14ClNO/c1-6-3-4-8(11)9(10(6)13)7(2)5-12/h3-4,7,13H,5,12H2,1-2H3. The molecule has 0 aliphatic heterocycles. The second-order valence-electron chi connectivity index (χ2n) is 3.26. The SMILES string of the molecule is Cc1ccc(Cl)c(C(C)CN)c1O. The minimum atomic E-state index is 0.0902. The Morgan fingerprint density at radius 3 is 2.69 bits per heavy atom. The van der Waals surface area contributed by atoms with Crippen LogP contribution in [0, 0.1) is 6.92 Å². The summed E-state index contributed by atoms with van der Waals surface area (Å²) in [4.78, 5) is 0. The number of benzene rings is 1. The molecule has 1 unspecified atom stereocenters. The van der Waals surface area contributed by atoms with Gasteiger partial charge in [-0.15, -0.1) is 0 Å². The molecule has 72 valence electrons. The third-order valence-electron chi connectivity index (χ3n) is 2.21. The average Bonchev–Trinajstić information content (AvgIpc) is 2.12. The number of aryl methyl sites for hydroxylation is 1. The molecule has 0 saturated carbocycles. The maximum absolute atomic E-state index is 9.74. The van der Waals surface area contributed by atoms with Crippen LogP contribution in [0.25, 0.3) is 0 Å². The van der Waals surface area contributed by atoms with Crippen molar-refractivity contribution in [2.45, 2.75) is 19.8 Å². The molecule has 2 nitrogen and oxygen atoms in total. The van der Waals surface area contributed by atoms with Crippen molar-refractivity contribution < 1.29 is 5.11 Å². The molecule has 0 saturated heterocycles. The minimum Gasteiger partial charge on any atom is -0.507 e.